The molecule has 5 nitrogen and oxygen atoms in total. The van der Waals surface area contributed by atoms with Crippen LogP contribution in [-0.4, -0.2) is 23.4 Å². The Kier molecular flexibility index (Phi) is 4.90. The van der Waals surface area contributed by atoms with Gasteiger partial charge in [0, 0.05) is 10.6 Å². The van der Waals surface area contributed by atoms with Crippen molar-refractivity contribution in [3.63, 3.8) is 0 Å². The lowest BCUT2D eigenvalue weighted by Crippen LogP contribution is -2.12. The second-order valence-electron chi connectivity index (χ2n) is 4.74. The van der Waals surface area contributed by atoms with Crippen molar-refractivity contribution in [1.82, 2.24) is 0 Å². The number of amides is 1. The molecule has 2 rings (SSSR count). The Morgan fingerprint density at radius 2 is 2.00 bits per heavy atom. The minimum Gasteiger partial charge on any atom is -0.496 e. The van der Waals surface area contributed by atoms with Crippen molar-refractivity contribution in [2.75, 3.05) is 12.4 Å². The van der Waals surface area contributed by atoms with Crippen LogP contribution in [0.25, 0.3) is 0 Å². The van der Waals surface area contributed by atoms with Crippen molar-refractivity contribution < 1.29 is 19.7 Å². The Morgan fingerprint density at radius 3 is 2.64 bits per heavy atom. The quantitative estimate of drug-likeness (QED) is 0.799. The number of hydrogen-bond donors (Lipinski definition) is 3. The molecule has 0 aliphatic rings. The Labute approximate surface area is 133 Å². The molecule has 0 heterocycles. The third-order valence-corrected chi connectivity index (χ3v) is 3.63. The predicted octanol–water partition coefficient (Wildman–Crippen LogP) is 3.83. The number of methoxy groups -OCH3 is 1. The minimum absolute atomic E-state index is 0.284. The van der Waals surface area contributed by atoms with Crippen molar-refractivity contribution in [2.45, 2.75) is 13.0 Å². The van der Waals surface area contributed by atoms with Crippen LogP contribution >= 0.6 is 11.6 Å². The average molecular weight is 322 g/mol. The molecule has 1 atom stereocenters. The lowest BCUT2D eigenvalue weighted by Gasteiger charge is -2.19. The van der Waals surface area contributed by atoms with Gasteiger partial charge in [-0.15, -0.1) is 0 Å². The molecule has 6 heteroatoms. The van der Waals surface area contributed by atoms with E-state index in [1.165, 1.54) is 12.1 Å². The first-order valence-electron chi connectivity index (χ1n) is 6.55. The largest absolute Gasteiger partial charge is 0.496 e. The summed E-state index contributed by atoms with van der Waals surface area (Å²) >= 11 is 5.97. The zero-order chi connectivity index (χ0) is 16.3. The Bertz CT molecular complexity index is 703. The van der Waals surface area contributed by atoms with Gasteiger partial charge in [-0.1, -0.05) is 23.7 Å². The number of anilines is 1. The number of aliphatic hydroxyl groups is 1. The summed E-state index contributed by atoms with van der Waals surface area (Å²) in [6, 6.07) is 9.93. The van der Waals surface area contributed by atoms with E-state index in [2.05, 4.69) is 5.32 Å². The maximum absolute atomic E-state index is 10.9. The number of nitrogens with one attached hydrogen (secondary N) is 1. The van der Waals surface area contributed by atoms with E-state index in [4.69, 9.17) is 21.4 Å². The smallest absolute Gasteiger partial charge is 0.409 e. The van der Waals surface area contributed by atoms with Gasteiger partial charge >= 0.3 is 6.09 Å². The van der Waals surface area contributed by atoms with E-state index in [1.54, 1.807) is 31.4 Å². The molecule has 2 aromatic carbocycles. The molecule has 0 aliphatic carbocycles. The minimum atomic E-state index is -1.21. The fraction of sp³-hybridized carbons (Fsp3) is 0.188. The molecule has 3 N–H and O–H groups in total. The van der Waals surface area contributed by atoms with Gasteiger partial charge in [0.2, 0.25) is 0 Å². The molecular formula is C16H16ClNO4. The third-order valence-electron chi connectivity index (χ3n) is 3.39. The molecule has 0 fully saturated rings. The van der Waals surface area contributed by atoms with Gasteiger partial charge in [-0.05, 0) is 42.3 Å². The second-order valence-corrected chi connectivity index (χ2v) is 5.18. The van der Waals surface area contributed by atoms with E-state index >= 15 is 0 Å². The molecule has 0 saturated carbocycles. The fourth-order valence-electron chi connectivity index (χ4n) is 2.31. The van der Waals surface area contributed by atoms with Gasteiger partial charge < -0.3 is 14.9 Å². The van der Waals surface area contributed by atoms with Crippen LogP contribution in [0.2, 0.25) is 5.02 Å². The number of benzene rings is 2. The van der Waals surface area contributed by atoms with Crippen LogP contribution in [0, 0.1) is 6.92 Å². The molecule has 0 radical (unpaired) electrons. The van der Waals surface area contributed by atoms with Crippen LogP contribution in [0.4, 0.5) is 10.5 Å². The van der Waals surface area contributed by atoms with E-state index in [0.717, 1.165) is 5.56 Å². The Hall–Kier alpha value is -2.24. The van der Waals surface area contributed by atoms with Crippen LogP contribution in [0.15, 0.2) is 36.4 Å². The lowest BCUT2D eigenvalue weighted by atomic mass is 9.95. The number of carbonyl (C=O) groups is 1. The highest BCUT2D eigenvalue weighted by atomic mass is 35.5. The molecule has 2 aromatic rings. The molecule has 1 unspecified atom stereocenters. The molecule has 116 valence electrons. The van der Waals surface area contributed by atoms with Crippen LogP contribution < -0.4 is 10.1 Å². The number of halogens is 1. The molecule has 0 bridgehead atoms. The first-order chi connectivity index (χ1) is 10.4. The Balaban J connectivity index is 2.51. The van der Waals surface area contributed by atoms with Crippen LogP contribution in [0.5, 0.6) is 5.75 Å². The predicted molar refractivity (Wildman–Crippen MR) is 84.9 cm³/mol. The summed E-state index contributed by atoms with van der Waals surface area (Å²) in [5.74, 6) is 0.645. The monoisotopic (exact) mass is 321 g/mol. The van der Waals surface area contributed by atoms with Gasteiger partial charge in [-0.3, -0.25) is 5.32 Å². The highest BCUT2D eigenvalue weighted by Gasteiger charge is 2.19. The molecular weight excluding hydrogens is 306 g/mol. The first kappa shape index (κ1) is 16.1. The van der Waals surface area contributed by atoms with E-state index < -0.39 is 12.2 Å². The van der Waals surface area contributed by atoms with Gasteiger partial charge in [-0.2, -0.15) is 0 Å². The zero-order valence-electron chi connectivity index (χ0n) is 12.1. The van der Waals surface area contributed by atoms with Gasteiger partial charge in [0.25, 0.3) is 0 Å². The summed E-state index contributed by atoms with van der Waals surface area (Å²) in [7, 11) is 1.55. The summed E-state index contributed by atoms with van der Waals surface area (Å²) in [6.07, 6.45) is -2.24. The van der Waals surface area contributed by atoms with Crippen molar-refractivity contribution in [2.24, 2.45) is 0 Å². The maximum Gasteiger partial charge on any atom is 0.409 e. The number of aliphatic hydroxyl groups excluding tert-OH is 1. The first-order valence-corrected chi connectivity index (χ1v) is 6.92. The third kappa shape index (κ3) is 3.32. The maximum atomic E-state index is 10.9. The average Bonchev–Trinajstić information content (AvgIpc) is 2.48. The van der Waals surface area contributed by atoms with Crippen LogP contribution in [-0.2, 0) is 0 Å². The topological polar surface area (TPSA) is 78.8 Å². The molecule has 1 amide bonds. The fourth-order valence-corrected chi connectivity index (χ4v) is 2.49. The van der Waals surface area contributed by atoms with E-state index in [1.807, 2.05) is 6.92 Å². The SMILES string of the molecule is COc1cccc(C(O)c2cc(Cl)ccc2NC(=O)O)c1C. The summed E-state index contributed by atoms with van der Waals surface area (Å²) in [5, 5.41) is 22.2. The number of carboxylic acid groups (broad SMARTS) is 1. The number of hydrogen-bond acceptors (Lipinski definition) is 3. The molecule has 22 heavy (non-hydrogen) atoms. The lowest BCUT2D eigenvalue weighted by molar-refractivity contribution is 0.209. The summed E-state index contributed by atoms with van der Waals surface area (Å²) < 4.78 is 5.24. The van der Waals surface area contributed by atoms with Crippen LogP contribution in [0.1, 0.15) is 22.8 Å². The normalized spacial score (nSPS) is 11.8. The van der Waals surface area contributed by atoms with E-state index in [-0.39, 0.29) is 5.69 Å². The standard InChI is InChI=1S/C16H16ClNO4/c1-9-11(4-3-5-14(9)22-2)15(19)12-8-10(17)6-7-13(12)18-16(20)21/h3-8,15,18-19H,1-2H3,(H,20,21). The molecule has 0 saturated heterocycles. The van der Waals surface area contributed by atoms with Gasteiger partial charge in [0.05, 0.1) is 12.8 Å². The second kappa shape index (κ2) is 6.68. The van der Waals surface area contributed by atoms with Crippen molar-refractivity contribution >= 4 is 23.4 Å². The number of ether oxygens (including phenoxy) is 1. The number of rotatable bonds is 4. The van der Waals surface area contributed by atoms with Crippen molar-refractivity contribution in [3.05, 3.63) is 58.1 Å². The van der Waals surface area contributed by atoms with E-state index in [0.29, 0.717) is 21.9 Å². The van der Waals surface area contributed by atoms with Crippen LogP contribution in [0.3, 0.4) is 0 Å². The zero-order valence-corrected chi connectivity index (χ0v) is 12.9. The summed E-state index contributed by atoms with van der Waals surface area (Å²) in [6.45, 7) is 1.83. The molecule has 0 spiro atoms. The van der Waals surface area contributed by atoms with Gasteiger partial charge in [-0.25, -0.2) is 4.79 Å². The Morgan fingerprint density at radius 1 is 1.27 bits per heavy atom. The summed E-state index contributed by atoms with van der Waals surface area (Å²) in [5.41, 5.74) is 2.06. The summed E-state index contributed by atoms with van der Waals surface area (Å²) in [4.78, 5) is 10.9. The van der Waals surface area contributed by atoms with Gasteiger partial charge in [0.15, 0.2) is 0 Å². The van der Waals surface area contributed by atoms with E-state index in [9.17, 15) is 9.90 Å². The molecule has 0 aliphatic heterocycles. The highest BCUT2D eigenvalue weighted by Crippen LogP contribution is 2.34. The van der Waals surface area contributed by atoms with Crippen molar-refractivity contribution in [1.29, 1.82) is 0 Å². The van der Waals surface area contributed by atoms with Gasteiger partial charge in [0.1, 0.15) is 11.9 Å². The van der Waals surface area contributed by atoms with Crippen molar-refractivity contribution in [3.8, 4) is 5.75 Å². The molecule has 0 aromatic heterocycles. The highest BCUT2D eigenvalue weighted by molar-refractivity contribution is 6.30.